The fourth-order valence-corrected chi connectivity index (χ4v) is 3.41. The molecule has 160 valence electrons. The number of ether oxygens (including phenoxy) is 3. The number of alkyl halides is 3. The van der Waals surface area contributed by atoms with Crippen molar-refractivity contribution in [2.24, 2.45) is 0 Å². The Kier molecular flexibility index (Phi) is 6.58. The van der Waals surface area contributed by atoms with Gasteiger partial charge in [0, 0.05) is 19.1 Å². The van der Waals surface area contributed by atoms with E-state index in [0.29, 0.717) is 19.3 Å². The van der Waals surface area contributed by atoms with Crippen LogP contribution in [0.15, 0.2) is 54.6 Å². The minimum absolute atomic E-state index is 0.0361. The number of hydrogen-bond donors (Lipinski definition) is 0. The molecule has 8 heteroatoms. The van der Waals surface area contributed by atoms with Gasteiger partial charge in [-0.05, 0) is 30.5 Å². The van der Waals surface area contributed by atoms with Crippen molar-refractivity contribution < 1.29 is 37.0 Å². The molecule has 0 spiro atoms. The van der Waals surface area contributed by atoms with E-state index in [1.807, 2.05) is 0 Å². The molecule has 0 aromatic heterocycles. The summed E-state index contributed by atoms with van der Waals surface area (Å²) in [5.41, 5.74) is -2.91. The van der Waals surface area contributed by atoms with Gasteiger partial charge in [-0.2, -0.15) is 13.2 Å². The Morgan fingerprint density at radius 1 is 1.13 bits per heavy atom. The van der Waals surface area contributed by atoms with E-state index >= 15 is 0 Å². The van der Waals surface area contributed by atoms with Gasteiger partial charge in [-0.1, -0.05) is 42.5 Å². The van der Waals surface area contributed by atoms with Gasteiger partial charge in [-0.3, -0.25) is 4.79 Å². The molecule has 2 aromatic carbocycles. The van der Waals surface area contributed by atoms with Gasteiger partial charge >= 0.3 is 12.1 Å². The van der Waals surface area contributed by atoms with Crippen LogP contribution in [0.1, 0.15) is 24.0 Å². The Balaban J connectivity index is 1.82. The van der Waals surface area contributed by atoms with Crippen molar-refractivity contribution in [2.45, 2.75) is 37.1 Å². The average molecular weight is 422 g/mol. The number of carbonyl (C=O) groups is 2. The summed E-state index contributed by atoms with van der Waals surface area (Å²) in [6, 6.07) is 12.9. The van der Waals surface area contributed by atoms with Gasteiger partial charge in [0.25, 0.3) is 5.60 Å². The summed E-state index contributed by atoms with van der Waals surface area (Å²) in [7, 11) is 0.819. The maximum atomic E-state index is 14.0. The predicted molar refractivity (Wildman–Crippen MR) is 101 cm³/mol. The second-order valence-corrected chi connectivity index (χ2v) is 7.00. The lowest BCUT2D eigenvalue weighted by Gasteiger charge is -2.32. The summed E-state index contributed by atoms with van der Waals surface area (Å²) in [6.07, 6.45) is -3.77. The summed E-state index contributed by atoms with van der Waals surface area (Å²) in [6.45, 7) is 0.0539. The predicted octanol–water partition coefficient (Wildman–Crippen LogP) is 3.99. The zero-order chi connectivity index (χ0) is 21.8. The van der Waals surface area contributed by atoms with Crippen molar-refractivity contribution in [3.05, 3.63) is 65.7 Å². The highest BCUT2D eigenvalue weighted by atomic mass is 19.4. The highest BCUT2D eigenvalue weighted by molar-refractivity contribution is 5.84. The molecule has 0 amide bonds. The van der Waals surface area contributed by atoms with Crippen LogP contribution in [-0.2, 0) is 31.1 Å². The SMILES string of the molecule is CO[C@](C(=O)Oc1cccc(C[C@H]2CCC(=O)CO2)c1)(c1ccccc1)C(F)(F)F. The van der Waals surface area contributed by atoms with E-state index < -0.39 is 17.7 Å². The van der Waals surface area contributed by atoms with Crippen LogP contribution in [0.2, 0.25) is 0 Å². The Morgan fingerprint density at radius 2 is 1.87 bits per heavy atom. The summed E-state index contributed by atoms with van der Waals surface area (Å²) >= 11 is 0. The molecule has 2 aromatic rings. The standard InChI is InChI=1S/C22H21F3O5/c1-28-21(22(23,24)25,16-7-3-2-4-8-16)20(27)30-19-9-5-6-15(13-19)12-18-11-10-17(26)14-29-18/h2-9,13,18H,10-12,14H2,1H3/t18-,21+/m1/s1. The monoisotopic (exact) mass is 422 g/mol. The first-order valence-electron chi connectivity index (χ1n) is 9.38. The van der Waals surface area contributed by atoms with Crippen LogP contribution in [0, 0.1) is 0 Å². The quantitative estimate of drug-likeness (QED) is 0.521. The second-order valence-electron chi connectivity index (χ2n) is 7.00. The first kappa shape index (κ1) is 22.0. The molecule has 0 unspecified atom stereocenters. The van der Waals surface area contributed by atoms with Crippen LogP contribution < -0.4 is 4.74 Å². The minimum atomic E-state index is -5.04. The topological polar surface area (TPSA) is 61.8 Å². The number of halogens is 3. The highest BCUT2D eigenvalue weighted by Crippen LogP contribution is 2.43. The van der Waals surface area contributed by atoms with Gasteiger partial charge in [0.1, 0.15) is 12.4 Å². The van der Waals surface area contributed by atoms with E-state index in [-0.39, 0.29) is 29.8 Å². The highest BCUT2D eigenvalue weighted by Gasteiger charge is 2.64. The van der Waals surface area contributed by atoms with E-state index in [1.54, 1.807) is 12.1 Å². The maximum absolute atomic E-state index is 14.0. The van der Waals surface area contributed by atoms with E-state index in [1.165, 1.54) is 30.3 Å². The van der Waals surface area contributed by atoms with E-state index in [2.05, 4.69) is 0 Å². The number of esters is 1. The van der Waals surface area contributed by atoms with Crippen molar-refractivity contribution in [3.8, 4) is 5.75 Å². The van der Waals surface area contributed by atoms with E-state index in [4.69, 9.17) is 14.2 Å². The molecule has 1 saturated heterocycles. The van der Waals surface area contributed by atoms with Crippen LogP contribution in [0.4, 0.5) is 13.2 Å². The molecule has 30 heavy (non-hydrogen) atoms. The van der Waals surface area contributed by atoms with E-state index in [9.17, 15) is 22.8 Å². The van der Waals surface area contributed by atoms with Gasteiger partial charge in [0.2, 0.25) is 0 Å². The molecule has 0 saturated carbocycles. The van der Waals surface area contributed by atoms with Gasteiger partial charge in [-0.25, -0.2) is 4.79 Å². The van der Waals surface area contributed by atoms with Gasteiger partial charge < -0.3 is 14.2 Å². The lowest BCUT2D eigenvalue weighted by Crippen LogP contribution is -2.52. The van der Waals surface area contributed by atoms with Crippen molar-refractivity contribution >= 4 is 11.8 Å². The Morgan fingerprint density at radius 3 is 2.47 bits per heavy atom. The molecule has 5 nitrogen and oxygen atoms in total. The van der Waals surface area contributed by atoms with Crippen LogP contribution in [0.5, 0.6) is 5.75 Å². The van der Waals surface area contributed by atoms with Gasteiger partial charge in [-0.15, -0.1) is 0 Å². The van der Waals surface area contributed by atoms with E-state index in [0.717, 1.165) is 24.8 Å². The summed E-state index contributed by atoms with van der Waals surface area (Å²) in [4.78, 5) is 24.0. The molecule has 3 rings (SSSR count). The van der Waals surface area contributed by atoms with Gasteiger partial charge in [0.05, 0.1) is 6.10 Å². The first-order valence-corrected chi connectivity index (χ1v) is 9.38. The molecular weight excluding hydrogens is 401 g/mol. The second kappa shape index (κ2) is 8.97. The number of ketones is 1. The smallest absolute Gasteiger partial charge is 0.424 e. The largest absolute Gasteiger partial charge is 0.432 e. The molecule has 2 atom stereocenters. The lowest BCUT2D eigenvalue weighted by molar-refractivity contribution is -0.272. The molecule has 0 bridgehead atoms. The zero-order valence-electron chi connectivity index (χ0n) is 16.3. The number of Topliss-reactive ketones (excluding diaryl/α,β-unsaturated/α-hetero) is 1. The fraction of sp³-hybridized carbons (Fsp3) is 0.364. The van der Waals surface area contributed by atoms with Crippen LogP contribution in [0.3, 0.4) is 0 Å². The summed E-state index contributed by atoms with van der Waals surface area (Å²) in [5.74, 6) is -1.58. The average Bonchev–Trinajstić information content (AvgIpc) is 2.71. The van der Waals surface area contributed by atoms with Crippen LogP contribution in [-0.4, -0.2) is 37.7 Å². The Bertz CT molecular complexity index is 887. The third-order valence-electron chi connectivity index (χ3n) is 4.97. The molecule has 1 aliphatic rings. The molecule has 1 aliphatic heterocycles. The first-order chi connectivity index (χ1) is 14.3. The van der Waals surface area contributed by atoms with Crippen LogP contribution in [0.25, 0.3) is 0 Å². The van der Waals surface area contributed by atoms with Crippen LogP contribution >= 0.6 is 0 Å². The normalized spacial score (nSPS) is 19.2. The third-order valence-corrected chi connectivity index (χ3v) is 4.97. The number of carbonyl (C=O) groups excluding carboxylic acids is 2. The number of benzene rings is 2. The molecule has 0 radical (unpaired) electrons. The molecular formula is C22H21F3O5. The maximum Gasteiger partial charge on any atom is 0.432 e. The number of rotatable bonds is 6. The number of hydrogen-bond acceptors (Lipinski definition) is 5. The Hall–Kier alpha value is -2.71. The molecule has 0 aliphatic carbocycles. The third kappa shape index (κ3) is 4.55. The van der Waals surface area contributed by atoms with Gasteiger partial charge in [0.15, 0.2) is 5.78 Å². The molecule has 1 heterocycles. The Labute approximate surface area is 171 Å². The summed E-state index contributed by atoms with van der Waals surface area (Å²) in [5, 5.41) is 0. The minimum Gasteiger partial charge on any atom is -0.424 e. The number of methoxy groups -OCH3 is 1. The molecule has 1 fully saturated rings. The lowest BCUT2D eigenvalue weighted by atomic mass is 9.92. The zero-order valence-corrected chi connectivity index (χ0v) is 16.3. The van der Waals surface area contributed by atoms with Crippen molar-refractivity contribution in [2.75, 3.05) is 13.7 Å². The van der Waals surface area contributed by atoms with Crippen molar-refractivity contribution in [1.29, 1.82) is 0 Å². The molecule has 0 N–H and O–H groups in total. The van der Waals surface area contributed by atoms with Crippen molar-refractivity contribution in [1.82, 2.24) is 0 Å². The van der Waals surface area contributed by atoms with Crippen molar-refractivity contribution in [3.63, 3.8) is 0 Å². The summed E-state index contributed by atoms with van der Waals surface area (Å²) < 4.78 is 57.2. The fourth-order valence-electron chi connectivity index (χ4n) is 3.41.